The number of carbonyl (C=O) groups excluding carboxylic acids is 1. The predicted octanol–water partition coefficient (Wildman–Crippen LogP) is 5.69. The Kier molecular flexibility index (Phi) is 7.52. The Morgan fingerprint density at radius 2 is 2.09 bits per heavy atom. The number of ether oxygens (including phenoxy) is 2. The molecule has 43 heavy (non-hydrogen) atoms. The highest BCUT2D eigenvalue weighted by Crippen LogP contribution is 2.50. The summed E-state index contributed by atoms with van der Waals surface area (Å²) in [5.41, 5.74) is 6.05. The lowest BCUT2D eigenvalue weighted by Gasteiger charge is -2.39. The van der Waals surface area contributed by atoms with E-state index in [-0.39, 0.29) is 84.2 Å². The van der Waals surface area contributed by atoms with E-state index in [2.05, 4.69) is 15.3 Å². The summed E-state index contributed by atoms with van der Waals surface area (Å²) in [5, 5.41) is 13.2. The first kappa shape index (κ1) is 28.9. The van der Waals surface area contributed by atoms with Crippen molar-refractivity contribution in [3.05, 3.63) is 34.4 Å². The first-order valence-corrected chi connectivity index (χ1v) is 15.0. The van der Waals surface area contributed by atoms with Gasteiger partial charge in [0.1, 0.15) is 34.8 Å². The van der Waals surface area contributed by atoms with Crippen LogP contribution in [0.15, 0.2) is 12.1 Å². The van der Waals surface area contributed by atoms with Crippen LogP contribution in [-0.2, 0) is 0 Å². The van der Waals surface area contributed by atoms with Crippen molar-refractivity contribution < 1.29 is 23.0 Å². The van der Waals surface area contributed by atoms with Crippen molar-refractivity contribution in [1.29, 1.82) is 5.26 Å². The molecule has 0 saturated carbocycles. The number of hydrogen-bond acceptors (Lipinski definition) is 9. The number of urea groups is 1. The number of amides is 2. The van der Waals surface area contributed by atoms with E-state index in [4.69, 9.17) is 26.8 Å². The minimum absolute atomic E-state index is 0.00601. The van der Waals surface area contributed by atoms with Gasteiger partial charge in [-0.1, -0.05) is 17.7 Å². The highest BCUT2D eigenvalue weighted by atomic mass is 35.5. The van der Waals surface area contributed by atoms with E-state index in [1.807, 2.05) is 24.8 Å². The zero-order valence-corrected chi connectivity index (χ0v) is 25.2. The van der Waals surface area contributed by atoms with Crippen LogP contribution in [0.3, 0.4) is 0 Å². The first-order chi connectivity index (χ1) is 20.6. The van der Waals surface area contributed by atoms with Crippen LogP contribution >= 0.6 is 22.9 Å². The molecule has 2 aromatic heterocycles. The molecule has 1 unspecified atom stereocenters. The lowest BCUT2D eigenvalue weighted by atomic mass is 9.96. The number of nitrogens with one attached hydrogen (secondary N) is 1. The molecule has 14 heteroatoms. The summed E-state index contributed by atoms with van der Waals surface area (Å²) in [6.07, 6.45) is 1.54. The third kappa shape index (κ3) is 4.78. The SMILES string of the molecule is COc1nc2c3c(c(Cl)c(-c4ccc(F)c5sc(N)c(C#N)c45)c(F)c3n1)OCCN2C1CCCN(C(=O)NC(C)C)C1. The number of thiophene rings is 1. The smallest absolute Gasteiger partial charge is 0.318 e. The molecule has 224 valence electrons. The van der Waals surface area contributed by atoms with E-state index in [1.165, 1.54) is 19.2 Å². The summed E-state index contributed by atoms with van der Waals surface area (Å²) < 4.78 is 43.2. The number of nitrogen functional groups attached to an aromatic ring is 1. The lowest BCUT2D eigenvalue weighted by Crippen LogP contribution is -2.54. The van der Waals surface area contributed by atoms with E-state index < -0.39 is 11.6 Å². The molecular weight excluding hydrogens is 600 g/mol. The van der Waals surface area contributed by atoms with Crippen LogP contribution in [0.25, 0.3) is 32.1 Å². The second kappa shape index (κ2) is 11.2. The van der Waals surface area contributed by atoms with Crippen LogP contribution in [0.5, 0.6) is 11.8 Å². The molecule has 10 nitrogen and oxygen atoms in total. The number of likely N-dealkylation sites (tertiary alicyclic amines) is 1. The van der Waals surface area contributed by atoms with Crippen molar-refractivity contribution in [3.8, 4) is 29.0 Å². The Hall–Kier alpha value is -4.15. The maximum Gasteiger partial charge on any atom is 0.318 e. The van der Waals surface area contributed by atoms with E-state index in [0.717, 1.165) is 24.2 Å². The molecule has 6 rings (SSSR count). The highest BCUT2D eigenvalue weighted by molar-refractivity contribution is 7.23. The first-order valence-electron chi connectivity index (χ1n) is 13.8. The third-order valence-electron chi connectivity index (χ3n) is 7.71. The number of benzene rings is 2. The molecule has 2 aliphatic rings. The van der Waals surface area contributed by atoms with Gasteiger partial charge < -0.3 is 30.3 Å². The normalized spacial score (nSPS) is 16.7. The van der Waals surface area contributed by atoms with E-state index >= 15 is 4.39 Å². The Morgan fingerprint density at radius 1 is 1.30 bits per heavy atom. The largest absolute Gasteiger partial charge is 0.489 e. The number of methoxy groups -OCH3 is 1. The van der Waals surface area contributed by atoms with Crippen LogP contribution in [0, 0.1) is 23.0 Å². The molecule has 1 atom stereocenters. The fourth-order valence-electron chi connectivity index (χ4n) is 5.85. The van der Waals surface area contributed by atoms with Gasteiger partial charge in [0, 0.05) is 36.1 Å². The van der Waals surface area contributed by atoms with Gasteiger partial charge in [-0.15, -0.1) is 11.3 Å². The summed E-state index contributed by atoms with van der Waals surface area (Å²) >= 11 is 7.84. The number of nitrogens with zero attached hydrogens (tertiary/aromatic N) is 5. The van der Waals surface area contributed by atoms with Gasteiger partial charge in [-0.05, 0) is 38.3 Å². The van der Waals surface area contributed by atoms with Crippen molar-refractivity contribution in [2.75, 3.05) is 44.0 Å². The molecule has 4 heterocycles. The average molecular weight is 628 g/mol. The van der Waals surface area contributed by atoms with Crippen LogP contribution in [0.4, 0.5) is 24.4 Å². The number of hydrogen-bond donors (Lipinski definition) is 2. The molecule has 0 bridgehead atoms. The maximum absolute atomic E-state index is 16.7. The second-order valence-electron chi connectivity index (χ2n) is 10.7. The fraction of sp³-hybridized carbons (Fsp3) is 0.379. The number of fused-ring (bicyclic) bond motifs is 1. The van der Waals surface area contributed by atoms with Gasteiger partial charge in [0.15, 0.2) is 11.6 Å². The van der Waals surface area contributed by atoms with E-state index in [1.54, 1.807) is 4.90 Å². The summed E-state index contributed by atoms with van der Waals surface area (Å²) in [6, 6.07) is 4.20. The molecule has 3 N–H and O–H groups in total. The van der Waals surface area contributed by atoms with Gasteiger partial charge in [0.25, 0.3) is 0 Å². The summed E-state index contributed by atoms with van der Waals surface area (Å²) in [7, 11) is 1.39. The number of aromatic nitrogens is 2. The number of rotatable bonds is 4. The van der Waals surface area contributed by atoms with Crippen LogP contribution in [0.2, 0.25) is 5.02 Å². The minimum atomic E-state index is -0.806. The van der Waals surface area contributed by atoms with Crippen molar-refractivity contribution in [2.45, 2.75) is 38.8 Å². The monoisotopic (exact) mass is 627 g/mol. The topological polar surface area (TPSA) is 130 Å². The number of anilines is 2. The van der Waals surface area contributed by atoms with Crippen molar-refractivity contribution >= 4 is 60.8 Å². The van der Waals surface area contributed by atoms with Gasteiger partial charge >= 0.3 is 12.0 Å². The van der Waals surface area contributed by atoms with Crippen LogP contribution in [-0.4, -0.2) is 66.3 Å². The highest BCUT2D eigenvalue weighted by Gasteiger charge is 2.35. The maximum atomic E-state index is 16.7. The van der Waals surface area contributed by atoms with E-state index in [9.17, 15) is 14.4 Å². The van der Waals surface area contributed by atoms with Gasteiger partial charge in [0.2, 0.25) is 0 Å². The molecule has 2 amide bonds. The standard InChI is InChI=1S/C29H28ClF2N7O3S/c1-13(2)35-29(40)38-8-4-5-14(12-38)39-9-10-42-24-20-23(36-28(41-3)37-27(20)39)22(32)19(21(24)30)15-6-7-17(31)25-18(15)16(11-33)26(34)43-25/h6-7,13-14H,4-5,8-10,12,34H2,1-3H3,(H,35,40). The molecule has 1 fully saturated rings. The lowest BCUT2D eigenvalue weighted by molar-refractivity contribution is 0.175. The van der Waals surface area contributed by atoms with Crippen molar-refractivity contribution in [1.82, 2.24) is 20.2 Å². The minimum Gasteiger partial charge on any atom is -0.489 e. The predicted molar refractivity (Wildman–Crippen MR) is 162 cm³/mol. The number of carbonyl (C=O) groups is 1. The second-order valence-corrected chi connectivity index (χ2v) is 12.2. The Morgan fingerprint density at radius 3 is 2.81 bits per heavy atom. The molecular formula is C29H28ClF2N7O3S. The number of halogens is 3. The Bertz CT molecular complexity index is 1830. The zero-order chi connectivity index (χ0) is 30.6. The fourth-order valence-corrected chi connectivity index (χ4v) is 7.14. The quantitative estimate of drug-likeness (QED) is 0.295. The summed E-state index contributed by atoms with van der Waals surface area (Å²) in [4.78, 5) is 25.6. The average Bonchev–Trinajstić information content (AvgIpc) is 3.21. The Balaban J connectivity index is 1.55. The van der Waals surface area contributed by atoms with Crippen LogP contribution < -0.4 is 25.4 Å². The number of nitrogens with two attached hydrogens (primary N) is 1. The van der Waals surface area contributed by atoms with Crippen molar-refractivity contribution in [3.63, 3.8) is 0 Å². The van der Waals surface area contributed by atoms with Gasteiger partial charge in [0.05, 0.1) is 34.3 Å². The number of piperidine rings is 1. The zero-order valence-electron chi connectivity index (χ0n) is 23.6. The van der Waals surface area contributed by atoms with Crippen LogP contribution in [0.1, 0.15) is 32.3 Å². The molecule has 4 aromatic rings. The van der Waals surface area contributed by atoms with Crippen molar-refractivity contribution in [2.24, 2.45) is 0 Å². The van der Waals surface area contributed by atoms with E-state index in [0.29, 0.717) is 25.5 Å². The molecule has 2 aromatic carbocycles. The van der Waals surface area contributed by atoms with Gasteiger partial charge in [-0.3, -0.25) is 0 Å². The molecule has 1 saturated heterocycles. The Labute approximate surface area is 254 Å². The summed E-state index contributed by atoms with van der Waals surface area (Å²) in [6.45, 7) is 5.42. The molecule has 0 spiro atoms. The molecule has 0 aliphatic carbocycles. The van der Waals surface area contributed by atoms with Gasteiger partial charge in [-0.2, -0.15) is 15.2 Å². The molecule has 2 aliphatic heterocycles. The van der Waals surface area contributed by atoms with Gasteiger partial charge in [-0.25, -0.2) is 13.6 Å². The third-order valence-corrected chi connectivity index (χ3v) is 9.10. The molecule has 0 radical (unpaired) electrons. The summed E-state index contributed by atoms with van der Waals surface area (Å²) in [5.74, 6) is -0.856. The number of nitriles is 1.